The van der Waals surface area contributed by atoms with E-state index in [1.165, 1.54) is 37.3 Å². The Labute approximate surface area is 143 Å². The lowest BCUT2D eigenvalue weighted by atomic mass is 10.0. The van der Waals surface area contributed by atoms with Crippen molar-refractivity contribution in [1.29, 1.82) is 0 Å². The molecule has 1 aromatic carbocycles. The van der Waals surface area contributed by atoms with Crippen molar-refractivity contribution < 1.29 is 0 Å². The number of benzene rings is 1. The average molecular weight is 319 g/mol. The second-order valence-corrected chi connectivity index (χ2v) is 8.43. The minimum atomic E-state index is 0.959. The first-order valence-corrected chi connectivity index (χ1v) is 9.68. The third-order valence-corrected chi connectivity index (χ3v) is 7.30. The fourth-order valence-corrected chi connectivity index (χ4v) is 6.22. The number of nitrogens with zero attached hydrogens (tertiary/aromatic N) is 3. The molecule has 0 amide bonds. The van der Waals surface area contributed by atoms with Crippen LogP contribution < -0.4 is 0 Å². The Morgan fingerprint density at radius 1 is 0.917 bits per heavy atom. The van der Waals surface area contributed by atoms with E-state index in [0.29, 0.717) is 0 Å². The predicted molar refractivity (Wildman–Crippen MR) is 95.6 cm³/mol. The van der Waals surface area contributed by atoms with Crippen LogP contribution in [0.5, 0.6) is 0 Å². The Hall–Kier alpha value is -1.45. The SMILES string of the molecule is c1ccc2nc(CN3CCN(C4C5CC6C(C5)C64)CC3)ccc2c1. The zero-order chi connectivity index (χ0) is 15.7. The van der Waals surface area contributed by atoms with Crippen molar-refractivity contribution in [1.82, 2.24) is 14.8 Å². The number of pyridine rings is 1. The van der Waals surface area contributed by atoms with Gasteiger partial charge in [-0.15, -0.1) is 0 Å². The molecule has 0 radical (unpaired) electrons. The highest BCUT2D eigenvalue weighted by molar-refractivity contribution is 5.78. The zero-order valence-electron chi connectivity index (χ0n) is 14.1. The highest BCUT2D eigenvalue weighted by atomic mass is 15.3. The fourth-order valence-electron chi connectivity index (χ4n) is 6.22. The molecule has 4 aliphatic carbocycles. The number of piperazine rings is 1. The Kier molecular flexibility index (Phi) is 2.89. The molecule has 24 heavy (non-hydrogen) atoms. The standard InChI is InChI=1S/C21H25N3/c1-2-4-19-14(3-1)5-6-16(22-19)13-23-7-9-24(10-8-23)21-15-11-17-18(12-15)20(17)21/h1-6,15,17-18,20-21H,7-13H2. The third kappa shape index (κ3) is 2.01. The molecule has 3 unspecified atom stereocenters. The summed E-state index contributed by atoms with van der Waals surface area (Å²) in [5.41, 5.74) is 2.34. The highest BCUT2D eigenvalue weighted by Gasteiger charge is 2.69. The number of hydrogen-bond acceptors (Lipinski definition) is 3. The van der Waals surface area contributed by atoms with Crippen molar-refractivity contribution in [2.24, 2.45) is 23.7 Å². The van der Waals surface area contributed by atoms with Crippen LogP contribution in [-0.4, -0.2) is 47.0 Å². The Bertz CT molecular complexity index is 766. The first-order chi connectivity index (χ1) is 11.9. The monoisotopic (exact) mass is 319 g/mol. The van der Waals surface area contributed by atoms with E-state index in [4.69, 9.17) is 4.98 Å². The molecule has 2 aromatic rings. The van der Waals surface area contributed by atoms with Gasteiger partial charge in [0, 0.05) is 44.2 Å². The van der Waals surface area contributed by atoms with Crippen molar-refractivity contribution in [3.63, 3.8) is 0 Å². The van der Waals surface area contributed by atoms with E-state index in [9.17, 15) is 0 Å². The molecule has 124 valence electrons. The topological polar surface area (TPSA) is 19.4 Å². The molecule has 3 heteroatoms. The molecule has 5 aliphatic rings. The summed E-state index contributed by atoms with van der Waals surface area (Å²) in [6.07, 6.45) is 3.11. The molecule has 3 atom stereocenters. The summed E-state index contributed by atoms with van der Waals surface area (Å²) in [4.78, 5) is 10.3. The molecule has 1 saturated heterocycles. The molecule has 7 rings (SSSR count). The van der Waals surface area contributed by atoms with Crippen LogP contribution in [0.15, 0.2) is 36.4 Å². The summed E-state index contributed by atoms with van der Waals surface area (Å²) in [5.74, 6) is 4.43. The summed E-state index contributed by atoms with van der Waals surface area (Å²) < 4.78 is 0. The number of hydrogen-bond donors (Lipinski definition) is 0. The maximum Gasteiger partial charge on any atom is 0.0705 e. The minimum absolute atomic E-state index is 0.959. The quantitative estimate of drug-likeness (QED) is 0.867. The number of rotatable bonds is 3. The van der Waals surface area contributed by atoms with Crippen LogP contribution in [0, 0.1) is 23.7 Å². The molecular formula is C21H25N3. The van der Waals surface area contributed by atoms with Crippen molar-refractivity contribution in [2.75, 3.05) is 26.2 Å². The molecule has 4 bridgehead atoms. The van der Waals surface area contributed by atoms with Gasteiger partial charge in [0.1, 0.15) is 0 Å². The molecule has 2 heterocycles. The smallest absolute Gasteiger partial charge is 0.0705 e. The second-order valence-electron chi connectivity index (χ2n) is 8.43. The van der Waals surface area contributed by atoms with Crippen molar-refractivity contribution in [2.45, 2.75) is 25.4 Å². The van der Waals surface area contributed by atoms with Crippen LogP contribution in [0.2, 0.25) is 0 Å². The normalized spacial score (nSPS) is 38.1. The van der Waals surface area contributed by atoms with Crippen molar-refractivity contribution in [3.8, 4) is 0 Å². The molecule has 5 fully saturated rings. The lowest BCUT2D eigenvalue weighted by Crippen LogP contribution is -2.51. The number of aromatic nitrogens is 1. The van der Waals surface area contributed by atoms with Gasteiger partial charge < -0.3 is 0 Å². The van der Waals surface area contributed by atoms with Gasteiger partial charge in [-0.3, -0.25) is 14.8 Å². The Morgan fingerprint density at radius 3 is 2.46 bits per heavy atom. The van der Waals surface area contributed by atoms with Gasteiger partial charge in [0.25, 0.3) is 0 Å². The van der Waals surface area contributed by atoms with Crippen molar-refractivity contribution >= 4 is 10.9 Å². The second kappa shape index (κ2) is 5.03. The van der Waals surface area contributed by atoms with E-state index in [-0.39, 0.29) is 0 Å². The van der Waals surface area contributed by atoms with Gasteiger partial charge in [0.15, 0.2) is 0 Å². The average Bonchev–Trinajstić information content (AvgIpc) is 3.01. The summed E-state index contributed by atoms with van der Waals surface area (Å²) >= 11 is 0. The molecule has 1 aliphatic heterocycles. The van der Waals surface area contributed by atoms with Gasteiger partial charge >= 0.3 is 0 Å². The van der Waals surface area contributed by atoms with E-state index in [2.05, 4.69) is 46.2 Å². The maximum absolute atomic E-state index is 4.85. The predicted octanol–water partition coefficient (Wildman–Crippen LogP) is 3.01. The van der Waals surface area contributed by atoms with E-state index >= 15 is 0 Å². The van der Waals surface area contributed by atoms with Crippen LogP contribution in [0.4, 0.5) is 0 Å². The highest BCUT2D eigenvalue weighted by Crippen LogP contribution is 2.71. The lowest BCUT2D eigenvalue weighted by molar-refractivity contribution is 0.0756. The largest absolute Gasteiger partial charge is 0.297 e. The zero-order valence-corrected chi connectivity index (χ0v) is 14.1. The fraction of sp³-hybridized carbons (Fsp3) is 0.571. The van der Waals surface area contributed by atoms with E-state index in [1.807, 2.05) is 0 Å². The van der Waals surface area contributed by atoms with Gasteiger partial charge in [-0.05, 0) is 48.6 Å². The Balaban J connectivity index is 1.11. The van der Waals surface area contributed by atoms with Gasteiger partial charge in [0.2, 0.25) is 0 Å². The van der Waals surface area contributed by atoms with E-state index in [1.54, 1.807) is 12.8 Å². The van der Waals surface area contributed by atoms with Crippen LogP contribution in [0.25, 0.3) is 10.9 Å². The first-order valence-electron chi connectivity index (χ1n) is 9.68. The third-order valence-electron chi connectivity index (χ3n) is 7.30. The summed E-state index contributed by atoms with van der Waals surface area (Å²) in [5, 5.41) is 1.24. The summed E-state index contributed by atoms with van der Waals surface area (Å²) in [6, 6.07) is 13.8. The van der Waals surface area contributed by atoms with Crippen LogP contribution in [0.1, 0.15) is 18.5 Å². The van der Waals surface area contributed by atoms with Crippen LogP contribution in [-0.2, 0) is 6.54 Å². The molecular weight excluding hydrogens is 294 g/mol. The maximum atomic E-state index is 4.85. The van der Waals surface area contributed by atoms with Crippen molar-refractivity contribution in [3.05, 3.63) is 42.1 Å². The molecule has 1 aromatic heterocycles. The van der Waals surface area contributed by atoms with Crippen LogP contribution in [0.3, 0.4) is 0 Å². The number of fused-ring (bicyclic) bond motifs is 1. The van der Waals surface area contributed by atoms with E-state index < -0.39 is 0 Å². The van der Waals surface area contributed by atoms with E-state index in [0.717, 1.165) is 41.8 Å². The van der Waals surface area contributed by atoms with Crippen LogP contribution >= 0.6 is 0 Å². The summed E-state index contributed by atoms with van der Waals surface area (Å²) in [6.45, 7) is 5.95. The van der Waals surface area contributed by atoms with Gasteiger partial charge in [-0.25, -0.2) is 0 Å². The van der Waals surface area contributed by atoms with Gasteiger partial charge in [-0.2, -0.15) is 0 Å². The lowest BCUT2D eigenvalue weighted by Gasteiger charge is -2.39. The molecule has 3 nitrogen and oxygen atoms in total. The minimum Gasteiger partial charge on any atom is -0.297 e. The first kappa shape index (κ1) is 13.8. The summed E-state index contributed by atoms with van der Waals surface area (Å²) in [7, 11) is 0. The molecule has 0 spiro atoms. The Morgan fingerprint density at radius 2 is 1.71 bits per heavy atom. The van der Waals surface area contributed by atoms with Gasteiger partial charge in [-0.1, -0.05) is 24.3 Å². The molecule has 0 N–H and O–H groups in total. The number of para-hydroxylation sites is 1. The van der Waals surface area contributed by atoms with Gasteiger partial charge in [0.05, 0.1) is 11.2 Å². The molecule has 4 saturated carbocycles.